The predicted octanol–water partition coefficient (Wildman–Crippen LogP) is 4.98. The molecule has 0 unspecified atom stereocenters. The van der Waals surface area contributed by atoms with Crippen molar-refractivity contribution in [3.05, 3.63) is 53.3 Å². The molecule has 1 aromatic heterocycles. The molecule has 0 N–H and O–H groups in total. The monoisotopic (exact) mass is 269 g/mol. The van der Waals surface area contributed by atoms with Crippen LogP contribution < -0.4 is 0 Å². The Labute approximate surface area is 114 Å². The lowest BCUT2D eigenvalue weighted by Crippen LogP contribution is -1.85. The minimum Gasteiger partial charge on any atom is -0.241 e. The van der Waals surface area contributed by atoms with Gasteiger partial charge in [0.2, 0.25) is 0 Å². The average molecular weight is 269 g/mol. The number of nitrogens with zero attached hydrogens (tertiary/aromatic N) is 1. The summed E-state index contributed by atoms with van der Waals surface area (Å²) in [6.07, 6.45) is 2.51. The highest BCUT2D eigenvalue weighted by Crippen LogP contribution is 2.42. The van der Waals surface area contributed by atoms with Crippen molar-refractivity contribution in [3.8, 4) is 10.6 Å². The topological polar surface area (TPSA) is 12.9 Å². The Kier molecular flexibility index (Phi) is 2.42. The third-order valence-corrected chi connectivity index (χ3v) is 4.51. The minimum atomic E-state index is -0.168. The molecule has 1 saturated carbocycles. The van der Waals surface area contributed by atoms with E-state index in [9.17, 15) is 4.39 Å². The van der Waals surface area contributed by atoms with E-state index in [1.165, 1.54) is 24.6 Å². The van der Waals surface area contributed by atoms with Crippen LogP contribution in [0.5, 0.6) is 0 Å². The molecule has 0 bridgehead atoms. The smallest absolute Gasteiger partial charge is 0.131 e. The number of thiazole rings is 1. The minimum absolute atomic E-state index is 0.168. The third-order valence-electron chi connectivity index (χ3n) is 3.62. The van der Waals surface area contributed by atoms with Crippen LogP contribution in [-0.4, -0.2) is 4.98 Å². The lowest BCUT2D eigenvalue weighted by Gasteiger charge is -2.04. The highest BCUT2D eigenvalue weighted by atomic mass is 32.1. The van der Waals surface area contributed by atoms with Gasteiger partial charge in [0, 0.05) is 22.2 Å². The van der Waals surface area contributed by atoms with E-state index >= 15 is 0 Å². The van der Waals surface area contributed by atoms with Crippen molar-refractivity contribution in [2.45, 2.75) is 18.8 Å². The first-order valence-electron chi connectivity index (χ1n) is 6.46. The lowest BCUT2D eigenvalue weighted by molar-refractivity contribution is 0.640. The molecule has 1 aliphatic rings. The van der Waals surface area contributed by atoms with Gasteiger partial charge in [-0.05, 0) is 30.4 Å². The maximum absolute atomic E-state index is 13.8. The Morgan fingerprint density at radius 2 is 1.84 bits per heavy atom. The van der Waals surface area contributed by atoms with Crippen LogP contribution in [0.15, 0.2) is 41.8 Å². The van der Waals surface area contributed by atoms with Gasteiger partial charge in [-0.3, -0.25) is 0 Å². The van der Waals surface area contributed by atoms with Crippen LogP contribution in [0.25, 0.3) is 21.3 Å². The summed E-state index contributed by atoms with van der Waals surface area (Å²) < 4.78 is 13.8. The first-order chi connectivity index (χ1) is 9.33. The van der Waals surface area contributed by atoms with Gasteiger partial charge in [-0.1, -0.05) is 24.3 Å². The summed E-state index contributed by atoms with van der Waals surface area (Å²) >= 11 is 1.66. The van der Waals surface area contributed by atoms with E-state index in [1.807, 2.05) is 30.3 Å². The summed E-state index contributed by atoms with van der Waals surface area (Å²) in [5.74, 6) is 0.495. The van der Waals surface area contributed by atoms with Crippen LogP contribution in [0.4, 0.5) is 4.39 Å². The van der Waals surface area contributed by atoms with Gasteiger partial charge in [-0.2, -0.15) is 0 Å². The fraction of sp³-hybridized carbons (Fsp3) is 0.188. The van der Waals surface area contributed by atoms with Crippen molar-refractivity contribution in [1.82, 2.24) is 4.98 Å². The lowest BCUT2D eigenvalue weighted by atomic mass is 10.0. The van der Waals surface area contributed by atoms with Gasteiger partial charge in [0.25, 0.3) is 0 Å². The Hall–Kier alpha value is -1.74. The zero-order chi connectivity index (χ0) is 12.8. The molecule has 0 aliphatic heterocycles. The highest BCUT2D eigenvalue weighted by Gasteiger charge is 2.26. The van der Waals surface area contributed by atoms with Crippen LogP contribution in [0.2, 0.25) is 0 Å². The maximum atomic E-state index is 13.8. The van der Waals surface area contributed by atoms with E-state index in [0.29, 0.717) is 11.3 Å². The summed E-state index contributed by atoms with van der Waals surface area (Å²) in [7, 11) is 0. The van der Waals surface area contributed by atoms with E-state index in [4.69, 9.17) is 4.98 Å². The molecule has 3 heteroatoms. The van der Waals surface area contributed by atoms with Crippen molar-refractivity contribution in [2.24, 2.45) is 0 Å². The Balaban J connectivity index is 1.91. The quantitative estimate of drug-likeness (QED) is 0.639. The van der Waals surface area contributed by atoms with Gasteiger partial charge in [-0.25, -0.2) is 9.37 Å². The van der Waals surface area contributed by atoms with Crippen LogP contribution >= 0.6 is 11.3 Å². The Morgan fingerprint density at radius 3 is 2.63 bits per heavy atom. The summed E-state index contributed by atoms with van der Waals surface area (Å²) in [5, 5.41) is 4.76. The van der Waals surface area contributed by atoms with Gasteiger partial charge in [-0.15, -0.1) is 11.3 Å². The molecule has 19 heavy (non-hydrogen) atoms. The van der Waals surface area contributed by atoms with Crippen molar-refractivity contribution < 1.29 is 4.39 Å². The number of fused-ring (bicyclic) bond motifs is 1. The predicted molar refractivity (Wildman–Crippen MR) is 77.0 cm³/mol. The van der Waals surface area contributed by atoms with Crippen LogP contribution in [0.1, 0.15) is 24.5 Å². The molecule has 3 aromatic rings. The summed E-state index contributed by atoms with van der Waals surface area (Å²) in [4.78, 5) is 4.72. The fourth-order valence-corrected chi connectivity index (χ4v) is 3.37. The number of benzene rings is 2. The van der Waals surface area contributed by atoms with E-state index in [0.717, 1.165) is 16.0 Å². The molecule has 0 amide bonds. The number of rotatable bonds is 2. The van der Waals surface area contributed by atoms with Gasteiger partial charge in [0.15, 0.2) is 0 Å². The number of aromatic nitrogens is 1. The van der Waals surface area contributed by atoms with Crippen LogP contribution in [0, 0.1) is 5.82 Å². The van der Waals surface area contributed by atoms with Crippen LogP contribution in [0.3, 0.4) is 0 Å². The summed E-state index contributed by atoms with van der Waals surface area (Å²) in [6.45, 7) is 0. The first-order valence-corrected chi connectivity index (χ1v) is 7.34. The van der Waals surface area contributed by atoms with E-state index < -0.39 is 0 Å². The largest absolute Gasteiger partial charge is 0.241 e. The molecule has 94 valence electrons. The maximum Gasteiger partial charge on any atom is 0.131 e. The highest BCUT2D eigenvalue weighted by molar-refractivity contribution is 7.13. The molecule has 1 heterocycles. The Morgan fingerprint density at radius 1 is 1.05 bits per heavy atom. The number of hydrogen-bond donors (Lipinski definition) is 0. The van der Waals surface area contributed by atoms with Gasteiger partial charge < -0.3 is 0 Å². The van der Waals surface area contributed by atoms with Crippen molar-refractivity contribution >= 4 is 22.1 Å². The first kappa shape index (κ1) is 11.1. The molecule has 4 rings (SSSR count). The molecular weight excluding hydrogens is 257 g/mol. The SMILES string of the molecule is Fc1ccc(-c2nc(C3CC3)cs2)c2ccccc12. The zero-order valence-corrected chi connectivity index (χ0v) is 11.1. The number of hydrogen-bond acceptors (Lipinski definition) is 2. The second-order valence-electron chi connectivity index (χ2n) is 4.99. The second kappa shape index (κ2) is 4.14. The third kappa shape index (κ3) is 1.85. The molecule has 2 aromatic carbocycles. The number of halogens is 1. The fourth-order valence-electron chi connectivity index (χ4n) is 2.43. The molecule has 1 aliphatic carbocycles. The molecule has 1 fully saturated rings. The molecule has 0 spiro atoms. The zero-order valence-electron chi connectivity index (χ0n) is 10.3. The van der Waals surface area contributed by atoms with E-state index in [1.54, 1.807) is 11.3 Å². The standard InChI is InChI=1S/C16H12FNS/c17-14-8-7-13(11-3-1-2-4-12(11)14)16-18-15(9-19-16)10-5-6-10/h1-4,7-10H,5-6H2. The molecule has 0 atom stereocenters. The molecule has 0 saturated heterocycles. The summed E-state index contributed by atoms with van der Waals surface area (Å²) in [5.41, 5.74) is 2.24. The van der Waals surface area contributed by atoms with Crippen molar-refractivity contribution in [3.63, 3.8) is 0 Å². The average Bonchev–Trinajstić information content (AvgIpc) is 3.18. The van der Waals surface area contributed by atoms with Crippen LogP contribution in [-0.2, 0) is 0 Å². The van der Waals surface area contributed by atoms with Crippen molar-refractivity contribution in [2.75, 3.05) is 0 Å². The Bertz CT molecular complexity index is 758. The molecule has 1 nitrogen and oxygen atoms in total. The molecular formula is C16H12FNS. The van der Waals surface area contributed by atoms with E-state index in [2.05, 4.69) is 5.38 Å². The summed E-state index contributed by atoms with van der Waals surface area (Å²) in [6, 6.07) is 11.0. The second-order valence-corrected chi connectivity index (χ2v) is 5.85. The van der Waals surface area contributed by atoms with Gasteiger partial charge in [0.1, 0.15) is 10.8 Å². The van der Waals surface area contributed by atoms with Crippen molar-refractivity contribution in [1.29, 1.82) is 0 Å². The molecule has 0 radical (unpaired) electrons. The van der Waals surface area contributed by atoms with E-state index in [-0.39, 0.29) is 5.82 Å². The van der Waals surface area contributed by atoms with Gasteiger partial charge >= 0.3 is 0 Å². The normalized spacial score (nSPS) is 15.0. The van der Waals surface area contributed by atoms with Gasteiger partial charge in [0.05, 0.1) is 5.69 Å².